The third-order valence-electron chi connectivity index (χ3n) is 2.64. The maximum atomic E-state index is 13.2. The van der Waals surface area contributed by atoms with Gasteiger partial charge in [-0.15, -0.1) is 10.2 Å². The van der Waals surface area contributed by atoms with Gasteiger partial charge in [0.1, 0.15) is 5.82 Å². The fourth-order valence-corrected chi connectivity index (χ4v) is 1.76. The predicted octanol–water partition coefficient (Wildman–Crippen LogP) is 1.93. The van der Waals surface area contributed by atoms with Crippen molar-refractivity contribution in [2.75, 3.05) is 14.2 Å². The molecule has 0 amide bonds. The van der Waals surface area contributed by atoms with Crippen LogP contribution in [0.4, 0.5) is 4.39 Å². The van der Waals surface area contributed by atoms with Crippen molar-refractivity contribution in [1.82, 2.24) is 15.5 Å². The van der Waals surface area contributed by atoms with E-state index in [1.165, 1.54) is 19.2 Å². The summed E-state index contributed by atoms with van der Waals surface area (Å²) < 4.78 is 18.2. The Morgan fingerprint density at radius 1 is 1.22 bits per heavy atom. The Balaban J connectivity index is 2.32. The first-order valence-electron chi connectivity index (χ1n) is 5.55. The lowest BCUT2D eigenvalue weighted by atomic mass is 10.0. The second kappa shape index (κ2) is 5.55. The van der Waals surface area contributed by atoms with Crippen molar-refractivity contribution < 1.29 is 9.13 Å². The first-order chi connectivity index (χ1) is 8.74. The number of hydrogen-bond donors (Lipinski definition) is 1. The lowest BCUT2D eigenvalue weighted by Gasteiger charge is -2.15. The van der Waals surface area contributed by atoms with Crippen molar-refractivity contribution in [3.63, 3.8) is 0 Å². The molecule has 1 aromatic heterocycles. The van der Waals surface area contributed by atoms with Crippen LogP contribution in [-0.4, -0.2) is 24.4 Å². The summed E-state index contributed by atoms with van der Waals surface area (Å²) in [4.78, 5) is 0. The van der Waals surface area contributed by atoms with Gasteiger partial charge in [-0.3, -0.25) is 0 Å². The van der Waals surface area contributed by atoms with Crippen LogP contribution in [0.2, 0.25) is 0 Å². The Bertz CT molecular complexity index is 516. The number of rotatable bonds is 4. The van der Waals surface area contributed by atoms with E-state index in [-0.39, 0.29) is 11.9 Å². The molecule has 0 aliphatic rings. The Morgan fingerprint density at radius 3 is 2.61 bits per heavy atom. The molecule has 0 aliphatic carbocycles. The van der Waals surface area contributed by atoms with E-state index < -0.39 is 0 Å². The van der Waals surface area contributed by atoms with Crippen LogP contribution >= 0.6 is 0 Å². The number of methoxy groups -OCH3 is 1. The molecule has 18 heavy (non-hydrogen) atoms. The standard InChI is InChI=1S/C13H14FN3O/c1-15-13(9-4-3-5-10(14)8-9)11-6-7-12(18-2)17-16-11/h3-8,13,15H,1-2H3. The molecule has 1 N–H and O–H groups in total. The fraction of sp³-hybridized carbons (Fsp3) is 0.231. The van der Waals surface area contributed by atoms with Gasteiger partial charge in [-0.25, -0.2) is 4.39 Å². The Kier molecular flexibility index (Phi) is 3.84. The summed E-state index contributed by atoms with van der Waals surface area (Å²) in [5.74, 6) is 0.182. The molecule has 0 saturated heterocycles. The van der Waals surface area contributed by atoms with Gasteiger partial charge in [0.2, 0.25) is 5.88 Å². The van der Waals surface area contributed by atoms with E-state index in [0.29, 0.717) is 11.6 Å². The topological polar surface area (TPSA) is 47.0 Å². The van der Waals surface area contributed by atoms with E-state index >= 15 is 0 Å². The normalized spacial score (nSPS) is 12.2. The molecule has 0 spiro atoms. The monoisotopic (exact) mass is 247 g/mol. The summed E-state index contributed by atoms with van der Waals surface area (Å²) in [5, 5.41) is 11.1. The summed E-state index contributed by atoms with van der Waals surface area (Å²) in [5.41, 5.74) is 1.51. The van der Waals surface area contributed by atoms with Gasteiger partial charge in [0.25, 0.3) is 0 Å². The minimum Gasteiger partial charge on any atom is -0.480 e. The van der Waals surface area contributed by atoms with Crippen molar-refractivity contribution in [1.29, 1.82) is 0 Å². The van der Waals surface area contributed by atoms with Crippen LogP contribution in [-0.2, 0) is 0 Å². The lowest BCUT2D eigenvalue weighted by Crippen LogP contribution is -2.19. The quantitative estimate of drug-likeness (QED) is 0.896. The molecule has 1 atom stereocenters. The highest BCUT2D eigenvalue weighted by Crippen LogP contribution is 2.21. The van der Waals surface area contributed by atoms with E-state index in [1.807, 2.05) is 6.07 Å². The van der Waals surface area contributed by atoms with Crippen LogP contribution in [0.3, 0.4) is 0 Å². The second-order valence-corrected chi connectivity index (χ2v) is 3.78. The highest BCUT2D eigenvalue weighted by Gasteiger charge is 2.14. The molecule has 1 aromatic carbocycles. The van der Waals surface area contributed by atoms with Crippen molar-refractivity contribution in [2.24, 2.45) is 0 Å². The van der Waals surface area contributed by atoms with Crippen molar-refractivity contribution in [3.8, 4) is 5.88 Å². The largest absolute Gasteiger partial charge is 0.480 e. The van der Waals surface area contributed by atoms with Crippen LogP contribution in [0.1, 0.15) is 17.3 Å². The van der Waals surface area contributed by atoms with Crippen LogP contribution < -0.4 is 10.1 Å². The van der Waals surface area contributed by atoms with Crippen molar-refractivity contribution in [2.45, 2.75) is 6.04 Å². The molecule has 0 fully saturated rings. The molecule has 1 unspecified atom stereocenters. The van der Waals surface area contributed by atoms with Gasteiger partial charge in [-0.1, -0.05) is 12.1 Å². The predicted molar refractivity (Wildman–Crippen MR) is 65.9 cm³/mol. The second-order valence-electron chi connectivity index (χ2n) is 3.78. The highest BCUT2D eigenvalue weighted by molar-refractivity contribution is 5.28. The number of nitrogens with zero attached hydrogens (tertiary/aromatic N) is 2. The summed E-state index contributed by atoms with van der Waals surface area (Å²) >= 11 is 0. The zero-order valence-electron chi connectivity index (χ0n) is 10.2. The van der Waals surface area contributed by atoms with E-state index in [4.69, 9.17) is 4.74 Å². The van der Waals surface area contributed by atoms with E-state index in [1.54, 1.807) is 25.2 Å². The van der Waals surface area contributed by atoms with Crippen LogP contribution in [0.5, 0.6) is 5.88 Å². The molecule has 1 heterocycles. The van der Waals surface area contributed by atoms with Gasteiger partial charge < -0.3 is 10.1 Å². The number of halogens is 1. The maximum absolute atomic E-state index is 13.2. The van der Waals surface area contributed by atoms with Gasteiger partial charge in [-0.2, -0.15) is 0 Å². The van der Waals surface area contributed by atoms with Gasteiger partial charge >= 0.3 is 0 Å². The lowest BCUT2D eigenvalue weighted by molar-refractivity contribution is 0.390. The minimum atomic E-state index is -0.269. The Labute approximate surface area is 105 Å². The molecular formula is C13H14FN3O. The van der Waals surface area contributed by atoms with Gasteiger partial charge in [-0.05, 0) is 30.8 Å². The van der Waals surface area contributed by atoms with Crippen LogP contribution in [0.15, 0.2) is 36.4 Å². The average Bonchev–Trinajstić information content (AvgIpc) is 2.40. The molecule has 0 radical (unpaired) electrons. The summed E-state index contributed by atoms with van der Waals surface area (Å²) in [6.45, 7) is 0. The third-order valence-corrected chi connectivity index (χ3v) is 2.64. The minimum absolute atomic E-state index is 0.195. The molecule has 94 valence electrons. The molecule has 2 aromatic rings. The first kappa shape index (κ1) is 12.4. The SMILES string of the molecule is CNC(c1cccc(F)c1)c1ccc(OC)nn1. The molecule has 0 bridgehead atoms. The summed E-state index contributed by atoms with van der Waals surface area (Å²) in [7, 11) is 3.33. The van der Waals surface area contributed by atoms with Crippen molar-refractivity contribution in [3.05, 3.63) is 53.5 Å². The molecule has 4 nitrogen and oxygen atoms in total. The average molecular weight is 247 g/mol. The first-order valence-corrected chi connectivity index (χ1v) is 5.55. The number of hydrogen-bond acceptors (Lipinski definition) is 4. The smallest absolute Gasteiger partial charge is 0.233 e. The van der Waals surface area contributed by atoms with Crippen molar-refractivity contribution >= 4 is 0 Å². The molecule has 0 saturated carbocycles. The number of benzene rings is 1. The van der Waals surface area contributed by atoms with Gasteiger partial charge in [0.05, 0.1) is 18.8 Å². The fourth-order valence-electron chi connectivity index (χ4n) is 1.76. The Morgan fingerprint density at radius 2 is 2.06 bits per heavy atom. The molecule has 5 heteroatoms. The maximum Gasteiger partial charge on any atom is 0.233 e. The summed E-state index contributed by atoms with van der Waals surface area (Å²) in [6.07, 6.45) is 0. The number of nitrogens with one attached hydrogen (secondary N) is 1. The third kappa shape index (κ3) is 2.62. The van der Waals surface area contributed by atoms with Crippen LogP contribution in [0.25, 0.3) is 0 Å². The Hall–Kier alpha value is -2.01. The molecule has 0 aliphatic heterocycles. The summed E-state index contributed by atoms with van der Waals surface area (Å²) in [6, 6.07) is 9.74. The zero-order chi connectivity index (χ0) is 13.0. The van der Waals surface area contributed by atoms with E-state index in [2.05, 4.69) is 15.5 Å². The number of aromatic nitrogens is 2. The number of ether oxygens (including phenoxy) is 1. The molecule has 2 rings (SSSR count). The highest BCUT2D eigenvalue weighted by atomic mass is 19.1. The molecular weight excluding hydrogens is 233 g/mol. The van der Waals surface area contributed by atoms with Gasteiger partial charge in [0.15, 0.2) is 0 Å². The van der Waals surface area contributed by atoms with E-state index in [9.17, 15) is 4.39 Å². The van der Waals surface area contributed by atoms with E-state index in [0.717, 1.165) is 5.56 Å². The van der Waals surface area contributed by atoms with Gasteiger partial charge in [0, 0.05) is 6.07 Å². The van der Waals surface area contributed by atoms with Crippen LogP contribution in [0, 0.1) is 5.82 Å². The zero-order valence-corrected chi connectivity index (χ0v) is 10.2.